The summed E-state index contributed by atoms with van der Waals surface area (Å²) >= 11 is 0. The molecular formula is C42H48N6. The van der Waals surface area contributed by atoms with Crippen LogP contribution in [0.15, 0.2) is 110 Å². The van der Waals surface area contributed by atoms with Gasteiger partial charge in [-0.2, -0.15) is 0 Å². The summed E-state index contributed by atoms with van der Waals surface area (Å²) in [6.45, 7) is 6.31. The fourth-order valence-electron chi connectivity index (χ4n) is 7.06. The molecule has 6 heteroatoms. The molecule has 1 aromatic heterocycles. The molecule has 4 aromatic rings. The van der Waals surface area contributed by atoms with Crippen LogP contribution in [0.1, 0.15) is 92.0 Å². The number of hydrogen-bond donors (Lipinski definition) is 0. The lowest BCUT2D eigenvalue weighted by molar-refractivity contribution is 0.310. The summed E-state index contributed by atoms with van der Waals surface area (Å²) in [6.07, 6.45) is 18.0. The van der Waals surface area contributed by atoms with Crippen molar-refractivity contribution in [3.8, 4) is 0 Å². The van der Waals surface area contributed by atoms with Crippen molar-refractivity contribution in [2.75, 3.05) is 39.3 Å². The van der Waals surface area contributed by atoms with Gasteiger partial charge in [-0.1, -0.05) is 91.0 Å². The Labute approximate surface area is 286 Å². The first-order chi connectivity index (χ1) is 23.8. The van der Waals surface area contributed by atoms with Gasteiger partial charge in [-0.15, -0.1) is 0 Å². The summed E-state index contributed by atoms with van der Waals surface area (Å²) in [6, 6.07) is 32.0. The van der Waals surface area contributed by atoms with E-state index in [9.17, 15) is 0 Å². The number of rotatable bonds is 9. The summed E-state index contributed by atoms with van der Waals surface area (Å²) in [5.41, 5.74) is 6.48. The van der Waals surface area contributed by atoms with Gasteiger partial charge in [0.05, 0.1) is 0 Å². The van der Waals surface area contributed by atoms with Crippen molar-refractivity contribution in [2.24, 2.45) is 0 Å². The first kappa shape index (κ1) is 31.9. The van der Waals surface area contributed by atoms with Crippen LogP contribution in [0.5, 0.6) is 0 Å². The zero-order chi connectivity index (χ0) is 32.4. The fourth-order valence-corrected chi connectivity index (χ4v) is 7.06. The molecule has 246 valence electrons. The van der Waals surface area contributed by atoms with E-state index in [2.05, 4.69) is 124 Å². The highest BCUT2D eigenvalue weighted by Crippen LogP contribution is 2.30. The van der Waals surface area contributed by atoms with E-state index in [-0.39, 0.29) is 0 Å². The van der Waals surface area contributed by atoms with Crippen LogP contribution >= 0.6 is 0 Å². The van der Waals surface area contributed by atoms with Gasteiger partial charge in [-0.3, -0.25) is 0 Å². The van der Waals surface area contributed by atoms with Crippen LogP contribution in [0.4, 0.5) is 0 Å². The van der Waals surface area contributed by atoms with Crippen molar-refractivity contribution in [2.45, 2.75) is 57.8 Å². The first-order valence-electron chi connectivity index (χ1n) is 18.1. The van der Waals surface area contributed by atoms with E-state index in [1.807, 2.05) is 0 Å². The maximum absolute atomic E-state index is 5.39. The normalized spacial score (nSPS) is 18.2. The van der Waals surface area contributed by atoms with Crippen LogP contribution in [0.2, 0.25) is 0 Å². The van der Waals surface area contributed by atoms with Gasteiger partial charge in [0.1, 0.15) is 0 Å². The minimum Gasteiger partial charge on any atom is -0.377 e. The maximum atomic E-state index is 5.39. The van der Waals surface area contributed by atoms with Crippen LogP contribution in [-0.4, -0.2) is 68.9 Å². The second kappa shape index (κ2) is 15.9. The molecule has 3 saturated heterocycles. The van der Waals surface area contributed by atoms with Crippen LogP contribution in [0.25, 0.3) is 16.7 Å². The quantitative estimate of drug-likeness (QED) is 0.184. The summed E-state index contributed by atoms with van der Waals surface area (Å²) in [5.74, 6) is 2.15. The molecule has 3 fully saturated rings. The number of aromatic nitrogens is 3. The van der Waals surface area contributed by atoms with Gasteiger partial charge < -0.3 is 14.7 Å². The summed E-state index contributed by atoms with van der Waals surface area (Å²) in [5, 5.41) is 0. The molecule has 0 radical (unpaired) electrons. The van der Waals surface area contributed by atoms with Crippen molar-refractivity contribution in [3.05, 3.63) is 144 Å². The van der Waals surface area contributed by atoms with Gasteiger partial charge in [0.15, 0.2) is 17.5 Å². The molecule has 3 aliphatic heterocycles. The lowest BCUT2D eigenvalue weighted by Crippen LogP contribution is -2.26. The molecule has 0 bridgehead atoms. The fraction of sp³-hybridized carbons (Fsp3) is 0.357. The molecule has 0 atom stereocenters. The molecule has 7 rings (SSSR count). The van der Waals surface area contributed by atoms with Crippen LogP contribution in [0, 0.1) is 0 Å². The predicted molar refractivity (Wildman–Crippen MR) is 197 cm³/mol. The third-order valence-electron chi connectivity index (χ3n) is 9.72. The minimum atomic E-state index is 0.715. The molecular weight excluding hydrogens is 589 g/mol. The molecule has 4 heterocycles. The second-order valence-electron chi connectivity index (χ2n) is 13.3. The Hall–Kier alpha value is -4.71. The Morgan fingerprint density at radius 3 is 0.854 bits per heavy atom. The summed E-state index contributed by atoms with van der Waals surface area (Å²) < 4.78 is 0. The smallest absolute Gasteiger partial charge is 0.166 e. The Bertz CT molecular complexity index is 1480. The Morgan fingerprint density at radius 2 is 0.604 bits per heavy atom. The van der Waals surface area contributed by atoms with Gasteiger partial charge in [0.25, 0.3) is 0 Å². The zero-order valence-electron chi connectivity index (χ0n) is 28.2. The van der Waals surface area contributed by atoms with Gasteiger partial charge in [0, 0.05) is 74.6 Å². The summed E-state index contributed by atoms with van der Waals surface area (Å²) in [4.78, 5) is 23.5. The van der Waals surface area contributed by atoms with E-state index in [4.69, 9.17) is 15.0 Å². The monoisotopic (exact) mass is 636 g/mol. The molecule has 3 aliphatic rings. The topological polar surface area (TPSA) is 48.4 Å². The highest BCUT2D eigenvalue weighted by Gasteiger charge is 2.22. The van der Waals surface area contributed by atoms with E-state index < -0.39 is 0 Å². The number of piperidine rings is 3. The highest BCUT2D eigenvalue weighted by atomic mass is 15.1. The highest BCUT2D eigenvalue weighted by molar-refractivity contribution is 5.82. The van der Waals surface area contributed by atoms with Gasteiger partial charge in [-0.05, 0) is 74.5 Å². The third kappa shape index (κ3) is 8.04. The van der Waals surface area contributed by atoms with Crippen molar-refractivity contribution < 1.29 is 0 Å². The van der Waals surface area contributed by atoms with Gasteiger partial charge >= 0.3 is 0 Å². The van der Waals surface area contributed by atoms with Crippen molar-refractivity contribution in [3.63, 3.8) is 0 Å². The van der Waals surface area contributed by atoms with Crippen LogP contribution in [-0.2, 0) is 0 Å². The second-order valence-corrected chi connectivity index (χ2v) is 13.3. The first-order valence-corrected chi connectivity index (χ1v) is 18.1. The molecule has 3 aromatic carbocycles. The largest absolute Gasteiger partial charge is 0.377 e. The van der Waals surface area contributed by atoms with E-state index in [1.165, 1.54) is 57.8 Å². The van der Waals surface area contributed by atoms with Crippen molar-refractivity contribution in [1.29, 1.82) is 0 Å². The molecule has 0 N–H and O–H groups in total. The molecule has 0 spiro atoms. The standard InChI is InChI=1S/C42H48N6/c1-7-19-34(20-8-1)37(31-46-25-13-4-14-26-46)40-43-41(38(35-21-9-2-10-22-35)32-47-27-15-5-16-28-47)45-42(44-40)39(36-23-11-3-12-24-36)33-48-29-17-6-18-30-48/h1-3,7-12,19-24,31-33H,4-6,13-18,25-30H2/b37-31+,38-32+,39-33+. The summed E-state index contributed by atoms with van der Waals surface area (Å²) in [7, 11) is 0. The van der Waals surface area contributed by atoms with Crippen LogP contribution < -0.4 is 0 Å². The van der Waals surface area contributed by atoms with Gasteiger partial charge in [-0.25, -0.2) is 15.0 Å². The molecule has 0 saturated carbocycles. The number of hydrogen-bond acceptors (Lipinski definition) is 6. The predicted octanol–water partition coefficient (Wildman–Crippen LogP) is 8.50. The zero-order valence-corrected chi connectivity index (χ0v) is 28.2. The number of nitrogens with zero attached hydrogens (tertiary/aromatic N) is 6. The van der Waals surface area contributed by atoms with Crippen molar-refractivity contribution >= 4 is 16.7 Å². The number of benzene rings is 3. The molecule has 0 aliphatic carbocycles. The Kier molecular flexibility index (Phi) is 10.6. The van der Waals surface area contributed by atoms with Crippen LogP contribution in [0.3, 0.4) is 0 Å². The number of likely N-dealkylation sites (tertiary alicyclic amines) is 3. The lowest BCUT2D eigenvalue weighted by atomic mass is 10.0. The van der Waals surface area contributed by atoms with Crippen molar-refractivity contribution in [1.82, 2.24) is 29.7 Å². The van der Waals surface area contributed by atoms with E-state index in [1.54, 1.807) is 0 Å². The lowest BCUT2D eigenvalue weighted by Gasteiger charge is -2.27. The maximum Gasteiger partial charge on any atom is 0.166 e. The van der Waals surface area contributed by atoms with E-state index in [0.29, 0.717) is 17.5 Å². The molecule has 48 heavy (non-hydrogen) atoms. The average molecular weight is 637 g/mol. The Balaban J connectivity index is 1.45. The van der Waals surface area contributed by atoms with Gasteiger partial charge in [0.2, 0.25) is 0 Å². The molecule has 0 amide bonds. The minimum absolute atomic E-state index is 0.715. The SMILES string of the molecule is C(=C(/c1ccccc1)c1nc(/C(=C/N2CCCCC2)c2ccccc2)nc(/C(=C/N2CCCCC2)c2ccccc2)n1)/N1CCCCC1. The average Bonchev–Trinajstić information content (AvgIpc) is 3.17. The third-order valence-corrected chi connectivity index (χ3v) is 9.72. The Morgan fingerprint density at radius 1 is 0.354 bits per heavy atom. The van der Waals surface area contributed by atoms with E-state index in [0.717, 1.165) is 72.7 Å². The van der Waals surface area contributed by atoms with E-state index >= 15 is 0 Å². The molecule has 0 unspecified atom stereocenters. The molecule has 6 nitrogen and oxygen atoms in total.